The molecule has 1 unspecified atom stereocenters. The van der Waals surface area contributed by atoms with Crippen LogP contribution in [0.1, 0.15) is 42.9 Å². The van der Waals surface area contributed by atoms with E-state index in [0.29, 0.717) is 13.2 Å². The van der Waals surface area contributed by atoms with Gasteiger partial charge in [-0.3, -0.25) is 24.2 Å². The number of aliphatic carboxylic acids is 1. The van der Waals surface area contributed by atoms with E-state index in [1.807, 2.05) is 18.2 Å². The first-order valence-corrected chi connectivity index (χ1v) is 13.0. The largest absolute Gasteiger partial charge is 0.481 e. The molecule has 9 heteroatoms. The number of carboxylic acids is 1. The van der Waals surface area contributed by atoms with Gasteiger partial charge in [0.2, 0.25) is 0 Å². The van der Waals surface area contributed by atoms with Crippen LogP contribution >= 0.6 is 11.6 Å². The average Bonchev–Trinajstić information content (AvgIpc) is 2.91. The molecule has 200 valence electrons. The number of piperazine rings is 1. The van der Waals surface area contributed by atoms with Crippen molar-refractivity contribution in [1.29, 1.82) is 0 Å². The molecule has 0 radical (unpaired) electrons. The zero-order valence-corrected chi connectivity index (χ0v) is 21.8. The first-order chi connectivity index (χ1) is 17.9. The number of Topliss-reactive ketones (excluding diaryl/α,β-unsaturated/α-hetero) is 1. The van der Waals surface area contributed by atoms with E-state index in [1.54, 1.807) is 0 Å². The highest BCUT2D eigenvalue weighted by atomic mass is 35.5. The fraction of sp³-hybridized carbons (Fsp3) is 0.464. The third-order valence-electron chi connectivity index (χ3n) is 6.34. The second-order valence-corrected chi connectivity index (χ2v) is 9.44. The SMILES string of the molecule is O=C(O)CCC(=O)CCC(=O)OCCOCCN1CCN(C(c2ccccc2)c2ccc(Cl)cc2)CC1. The molecule has 0 bridgehead atoms. The van der Waals surface area contributed by atoms with E-state index < -0.39 is 11.9 Å². The Hall–Kier alpha value is -2.78. The fourth-order valence-corrected chi connectivity index (χ4v) is 4.46. The van der Waals surface area contributed by atoms with Crippen LogP contribution in [-0.2, 0) is 23.9 Å². The maximum absolute atomic E-state index is 11.7. The van der Waals surface area contributed by atoms with Gasteiger partial charge >= 0.3 is 11.9 Å². The lowest BCUT2D eigenvalue weighted by Gasteiger charge is -2.39. The molecule has 0 saturated carbocycles. The molecule has 1 aliphatic rings. The smallest absolute Gasteiger partial charge is 0.306 e. The fourth-order valence-electron chi connectivity index (χ4n) is 4.33. The Kier molecular flexibility index (Phi) is 12.0. The van der Waals surface area contributed by atoms with E-state index in [1.165, 1.54) is 11.1 Å². The molecule has 1 aliphatic heterocycles. The molecule has 0 spiro atoms. The molecule has 1 N–H and O–H groups in total. The van der Waals surface area contributed by atoms with Crippen LogP contribution in [-0.4, -0.2) is 85.2 Å². The van der Waals surface area contributed by atoms with Gasteiger partial charge in [0.15, 0.2) is 0 Å². The first kappa shape index (κ1) is 28.8. The molecule has 1 atom stereocenters. The normalized spacial score (nSPS) is 15.3. The van der Waals surface area contributed by atoms with Crippen LogP contribution in [0.4, 0.5) is 0 Å². The van der Waals surface area contributed by atoms with E-state index in [4.69, 9.17) is 26.2 Å². The number of hydrogen-bond acceptors (Lipinski definition) is 7. The molecule has 1 saturated heterocycles. The Balaban J connectivity index is 1.32. The molecule has 1 fully saturated rings. The summed E-state index contributed by atoms with van der Waals surface area (Å²) in [5.74, 6) is -1.75. The number of carboxylic acid groups (broad SMARTS) is 1. The lowest BCUT2D eigenvalue weighted by molar-refractivity contribution is -0.146. The zero-order chi connectivity index (χ0) is 26.5. The van der Waals surface area contributed by atoms with Crippen LogP contribution in [0.3, 0.4) is 0 Å². The van der Waals surface area contributed by atoms with Crippen molar-refractivity contribution in [2.75, 3.05) is 52.5 Å². The van der Waals surface area contributed by atoms with Crippen molar-refractivity contribution in [2.45, 2.75) is 31.7 Å². The summed E-state index contributed by atoms with van der Waals surface area (Å²) in [6.07, 6.45) is -0.314. The van der Waals surface area contributed by atoms with Gasteiger partial charge in [-0.15, -0.1) is 0 Å². The van der Waals surface area contributed by atoms with E-state index in [2.05, 4.69) is 46.2 Å². The van der Waals surface area contributed by atoms with Crippen LogP contribution in [0.5, 0.6) is 0 Å². The highest BCUT2D eigenvalue weighted by Crippen LogP contribution is 2.30. The summed E-state index contributed by atoms with van der Waals surface area (Å²) in [5, 5.41) is 9.31. The van der Waals surface area contributed by atoms with Gasteiger partial charge < -0.3 is 14.6 Å². The molecule has 1 heterocycles. The van der Waals surface area contributed by atoms with Gasteiger partial charge in [-0.1, -0.05) is 54.1 Å². The topological polar surface area (TPSA) is 96.4 Å². The number of carbonyl (C=O) groups excluding carboxylic acids is 2. The quantitative estimate of drug-likeness (QED) is 0.274. The predicted molar refractivity (Wildman–Crippen MR) is 141 cm³/mol. The molecular weight excluding hydrogens is 496 g/mol. The number of carbonyl (C=O) groups is 3. The molecule has 0 amide bonds. The van der Waals surface area contributed by atoms with Crippen LogP contribution in [0.2, 0.25) is 5.02 Å². The van der Waals surface area contributed by atoms with Crippen molar-refractivity contribution in [3.05, 3.63) is 70.7 Å². The summed E-state index contributed by atoms with van der Waals surface area (Å²) in [5.41, 5.74) is 2.49. The predicted octanol–water partition coefficient (Wildman–Crippen LogP) is 3.82. The van der Waals surface area contributed by atoms with Gasteiger partial charge in [-0.25, -0.2) is 0 Å². The number of esters is 1. The summed E-state index contributed by atoms with van der Waals surface area (Å²) in [6, 6.07) is 18.8. The number of nitrogens with zero attached hydrogens (tertiary/aromatic N) is 2. The second-order valence-electron chi connectivity index (χ2n) is 9.01. The van der Waals surface area contributed by atoms with Gasteiger partial charge in [0, 0.05) is 50.6 Å². The molecule has 0 aromatic heterocycles. The minimum Gasteiger partial charge on any atom is -0.481 e. The van der Waals surface area contributed by atoms with Crippen LogP contribution < -0.4 is 0 Å². The minimum atomic E-state index is -1.02. The van der Waals surface area contributed by atoms with Crippen LogP contribution in [0, 0.1) is 0 Å². The van der Waals surface area contributed by atoms with Crippen molar-refractivity contribution < 1.29 is 29.0 Å². The summed E-state index contributed by atoms with van der Waals surface area (Å²) in [6.45, 7) is 5.52. The summed E-state index contributed by atoms with van der Waals surface area (Å²) >= 11 is 6.12. The van der Waals surface area contributed by atoms with Crippen LogP contribution in [0.25, 0.3) is 0 Å². The van der Waals surface area contributed by atoms with Crippen LogP contribution in [0.15, 0.2) is 54.6 Å². The lowest BCUT2D eigenvalue weighted by atomic mass is 9.96. The number of ketones is 1. The van der Waals surface area contributed by atoms with Gasteiger partial charge in [0.05, 0.1) is 32.1 Å². The zero-order valence-electron chi connectivity index (χ0n) is 21.0. The number of rotatable bonds is 15. The van der Waals surface area contributed by atoms with Crippen molar-refractivity contribution in [1.82, 2.24) is 9.80 Å². The summed E-state index contributed by atoms with van der Waals surface area (Å²) in [4.78, 5) is 38.6. The summed E-state index contributed by atoms with van der Waals surface area (Å²) in [7, 11) is 0. The Morgan fingerprint density at radius 2 is 1.46 bits per heavy atom. The summed E-state index contributed by atoms with van der Waals surface area (Å²) < 4.78 is 10.7. The molecule has 2 aromatic rings. The van der Waals surface area contributed by atoms with Gasteiger partial charge in [0.1, 0.15) is 12.4 Å². The first-order valence-electron chi connectivity index (χ1n) is 12.7. The van der Waals surface area contributed by atoms with Gasteiger partial charge in [-0.05, 0) is 23.3 Å². The van der Waals surface area contributed by atoms with Gasteiger partial charge in [-0.2, -0.15) is 0 Å². The maximum atomic E-state index is 11.7. The molecule has 37 heavy (non-hydrogen) atoms. The minimum absolute atomic E-state index is 0.00208. The highest BCUT2D eigenvalue weighted by molar-refractivity contribution is 6.30. The molecule has 3 rings (SSSR count). The maximum Gasteiger partial charge on any atom is 0.306 e. The monoisotopic (exact) mass is 530 g/mol. The number of ether oxygens (including phenoxy) is 2. The Bertz CT molecular complexity index is 993. The van der Waals surface area contributed by atoms with Crippen molar-refractivity contribution >= 4 is 29.3 Å². The molecule has 8 nitrogen and oxygen atoms in total. The Morgan fingerprint density at radius 1 is 0.811 bits per heavy atom. The molecule has 0 aliphatic carbocycles. The average molecular weight is 531 g/mol. The van der Waals surface area contributed by atoms with E-state index in [0.717, 1.165) is 37.7 Å². The Labute approximate surface area is 223 Å². The van der Waals surface area contributed by atoms with E-state index in [-0.39, 0.29) is 44.1 Å². The number of halogens is 1. The second kappa shape index (κ2) is 15.5. The standard InChI is InChI=1S/C28H35ClN2O6/c29-24-8-6-23(7-9-24)28(22-4-2-1-3-5-22)31-16-14-30(15-17-31)18-19-36-20-21-37-27(35)13-11-25(32)10-12-26(33)34/h1-9,28H,10-21H2,(H,33,34). The van der Waals surface area contributed by atoms with E-state index >= 15 is 0 Å². The third kappa shape index (κ3) is 10.2. The number of benzene rings is 2. The lowest BCUT2D eigenvalue weighted by Crippen LogP contribution is -2.48. The molecular formula is C28H35ClN2O6. The number of hydrogen-bond donors (Lipinski definition) is 1. The van der Waals surface area contributed by atoms with Crippen molar-refractivity contribution in [3.8, 4) is 0 Å². The Morgan fingerprint density at radius 3 is 2.14 bits per heavy atom. The van der Waals surface area contributed by atoms with E-state index in [9.17, 15) is 14.4 Å². The molecule has 2 aromatic carbocycles. The van der Waals surface area contributed by atoms with Crippen molar-refractivity contribution in [3.63, 3.8) is 0 Å². The third-order valence-corrected chi connectivity index (χ3v) is 6.59. The van der Waals surface area contributed by atoms with Gasteiger partial charge in [0.25, 0.3) is 0 Å². The highest BCUT2D eigenvalue weighted by Gasteiger charge is 2.26. The van der Waals surface area contributed by atoms with Crippen molar-refractivity contribution in [2.24, 2.45) is 0 Å².